The molecule has 0 radical (unpaired) electrons. The number of nitrogens with zero attached hydrogens (tertiary/aromatic N) is 3. The summed E-state index contributed by atoms with van der Waals surface area (Å²) in [4.78, 5) is 15.6. The van der Waals surface area contributed by atoms with Gasteiger partial charge in [-0.05, 0) is 55.2 Å². The molecule has 2 bridgehead atoms. The monoisotopic (exact) mass is 398 g/mol. The Labute approximate surface area is 171 Å². The van der Waals surface area contributed by atoms with Gasteiger partial charge in [0.05, 0.1) is 13.7 Å². The molecule has 1 aliphatic heterocycles. The summed E-state index contributed by atoms with van der Waals surface area (Å²) in [5.74, 6) is 0.277. The van der Waals surface area contributed by atoms with E-state index >= 15 is 0 Å². The fourth-order valence-electron chi connectivity index (χ4n) is 5.38. The minimum absolute atomic E-state index is 0.263. The fourth-order valence-corrected chi connectivity index (χ4v) is 5.38. The molecule has 2 atom stereocenters. The number of carbonyl (C=O) groups excluding carboxylic acids is 1. The smallest absolute Gasteiger partial charge is 0.357 e. The number of H-pyrrole nitrogens is 1. The van der Waals surface area contributed by atoms with Crippen LogP contribution in [0.15, 0.2) is 28.5 Å². The molecule has 1 aromatic heterocycles. The molecule has 1 aliphatic carbocycles. The SMILES string of the molecule is CCOC(=O)c1[nH]c2ccc(OC)cc2c1N=NN1C[C@]2(C)C[C@@H]1CC(C)(C)C2. The molecule has 7 nitrogen and oxygen atoms in total. The summed E-state index contributed by atoms with van der Waals surface area (Å²) < 4.78 is 10.6. The first kappa shape index (κ1) is 19.7. The summed E-state index contributed by atoms with van der Waals surface area (Å²) >= 11 is 0. The summed E-state index contributed by atoms with van der Waals surface area (Å²) in [5.41, 5.74) is 2.21. The van der Waals surface area contributed by atoms with Crippen LogP contribution in [0.1, 0.15) is 57.4 Å². The minimum atomic E-state index is -0.426. The maximum atomic E-state index is 12.5. The normalized spacial score (nSPS) is 25.7. The van der Waals surface area contributed by atoms with E-state index < -0.39 is 5.97 Å². The first-order chi connectivity index (χ1) is 13.7. The van der Waals surface area contributed by atoms with Gasteiger partial charge in [0.15, 0.2) is 5.69 Å². The van der Waals surface area contributed by atoms with Crippen LogP contribution in [-0.4, -0.2) is 42.3 Å². The van der Waals surface area contributed by atoms with Crippen LogP contribution in [0.5, 0.6) is 5.75 Å². The average molecular weight is 399 g/mol. The average Bonchev–Trinajstić information content (AvgIpc) is 3.12. The van der Waals surface area contributed by atoms with E-state index in [-0.39, 0.29) is 5.41 Å². The number of aromatic nitrogens is 1. The number of carbonyl (C=O) groups is 1. The van der Waals surface area contributed by atoms with E-state index in [0.717, 1.165) is 30.3 Å². The zero-order valence-electron chi connectivity index (χ0n) is 17.9. The third-order valence-corrected chi connectivity index (χ3v) is 6.10. The molecule has 7 heteroatoms. The van der Waals surface area contributed by atoms with Gasteiger partial charge in [-0.25, -0.2) is 4.79 Å². The number of aromatic amines is 1. The third kappa shape index (κ3) is 3.70. The van der Waals surface area contributed by atoms with Crippen LogP contribution < -0.4 is 4.74 Å². The van der Waals surface area contributed by atoms with Crippen molar-refractivity contribution in [1.29, 1.82) is 0 Å². The summed E-state index contributed by atoms with van der Waals surface area (Å²) in [6.07, 6.45) is 3.44. The highest BCUT2D eigenvalue weighted by atomic mass is 16.5. The second-order valence-corrected chi connectivity index (χ2v) is 9.48. The van der Waals surface area contributed by atoms with Crippen molar-refractivity contribution >= 4 is 22.6 Å². The summed E-state index contributed by atoms with van der Waals surface area (Å²) in [7, 11) is 1.62. The summed E-state index contributed by atoms with van der Waals surface area (Å²) in [6, 6.07) is 5.98. The molecule has 2 aliphatic rings. The molecule has 4 rings (SSSR count). The van der Waals surface area contributed by atoms with Crippen LogP contribution in [0.2, 0.25) is 0 Å². The maximum Gasteiger partial charge on any atom is 0.357 e. The van der Waals surface area contributed by atoms with Gasteiger partial charge in [0.2, 0.25) is 0 Å². The highest BCUT2D eigenvalue weighted by molar-refractivity contribution is 6.05. The first-order valence-electron chi connectivity index (χ1n) is 10.3. The number of hydrogen-bond donors (Lipinski definition) is 1. The number of benzene rings is 1. The van der Waals surface area contributed by atoms with Gasteiger partial charge < -0.3 is 14.5 Å². The van der Waals surface area contributed by atoms with Crippen molar-refractivity contribution in [3.63, 3.8) is 0 Å². The largest absolute Gasteiger partial charge is 0.497 e. The molecule has 1 saturated heterocycles. The van der Waals surface area contributed by atoms with Gasteiger partial charge in [-0.15, -0.1) is 5.11 Å². The Balaban J connectivity index is 1.71. The molecular weight excluding hydrogens is 368 g/mol. The highest BCUT2D eigenvalue weighted by Gasteiger charge is 2.49. The van der Waals surface area contributed by atoms with Crippen molar-refractivity contribution in [2.24, 2.45) is 21.2 Å². The van der Waals surface area contributed by atoms with Crippen LogP contribution in [0.25, 0.3) is 10.9 Å². The maximum absolute atomic E-state index is 12.5. The van der Waals surface area contributed by atoms with Crippen molar-refractivity contribution < 1.29 is 14.3 Å². The lowest BCUT2D eigenvalue weighted by molar-refractivity contribution is 0.0521. The molecule has 1 N–H and O–H groups in total. The minimum Gasteiger partial charge on any atom is -0.497 e. The number of esters is 1. The number of rotatable bonds is 5. The van der Waals surface area contributed by atoms with Crippen molar-refractivity contribution in [2.75, 3.05) is 20.3 Å². The van der Waals surface area contributed by atoms with Crippen LogP contribution in [0, 0.1) is 10.8 Å². The topological polar surface area (TPSA) is 79.3 Å². The molecular formula is C22H30N4O3. The standard InChI is InChI=1S/C22H30N4O3/c1-6-29-20(27)19-18(16-9-15(28-5)7-8-17(16)23-19)24-25-26-13-22(4)11-14(26)10-21(2,3)12-22/h7-9,14,23H,6,10-13H2,1-5H3/t14-,22+/m0/s1. The lowest BCUT2D eigenvalue weighted by atomic mass is 9.65. The van der Waals surface area contributed by atoms with Crippen molar-refractivity contribution in [1.82, 2.24) is 9.99 Å². The highest BCUT2D eigenvalue weighted by Crippen LogP contribution is 2.52. The molecule has 0 spiro atoms. The fraction of sp³-hybridized carbons (Fsp3) is 0.591. The third-order valence-electron chi connectivity index (χ3n) is 6.10. The zero-order valence-corrected chi connectivity index (χ0v) is 17.9. The molecule has 0 unspecified atom stereocenters. The molecule has 1 aromatic carbocycles. The second-order valence-electron chi connectivity index (χ2n) is 9.48. The molecule has 2 fully saturated rings. The van der Waals surface area contributed by atoms with E-state index in [4.69, 9.17) is 9.47 Å². The quantitative estimate of drug-likeness (QED) is 0.551. The Kier molecular flexibility index (Phi) is 4.79. The number of fused-ring (bicyclic) bond motifs is 3. The van der Waals surface area contributed by atoms with Gasteiger partial charge in [0.25, 0.3) is 0 Å². The van der Waals surface area contributed by atoms with Gasteiger partial charge in [0.1, 0.15) is 11.4 Å². The van der Waals surface area contributed by atoms with E-state index in [1.54, 1.807) is 14.0 Å². The molecule has 156 valence electrons. The van der Waals surface area contributed by atoms with E-state index in [1.807, 2.05) is 18.2 Å². The van der Waals surface area contributed by atoms with E-state index in [0.29, 0.717) is 35.2 Å². The van der Waals surface area contributed by atoms with Crippen LogP contribution >= 0.6 is 0 Å². The van der Waals surface area contributed by atoms with E-state index in [9.17, 15) is 4.79 Å². The lowest BCUT2D eigenvalue weighted by Crippen LogP contribution is -2.33. The molecule has 0 amide bonds. The molecule has 29 heavy (non-hydrogen) atoms. The molecule has 2 heterocycles. The van der Waals surface area contributed by atoms with Crippen LogP contribution in [0.4, 0.5) is 5.69 Å². The van der Waals surface area contributed by atoms with Gasteiger partial charge in [-0.1, -0.05) is 26.0 Å². The van der Waals surface area contributed by atoms with Gasteiger partial charge in [-0.2, -0.15) is 0 Å². The zero-order chi connectivity index (χ0) is 20.8. The predicted octanol–water partition coefficient (Wildman–Crippen LogP) is 5.25. The number of methoxy groups -OCH3 is 1. The summed E-state index contributed by atoms with van der Waals surface area (Å²) in [6.45, 7) is 10.0. The van der Waals surface area contributed by atoms with Gasteiger partial charge in [-0.3, -0.25) is 5.01 Å². The van der Waals surface area contributed by atoms with Gasteiger partial charge in [0, 0.05) is 23.5 Å². The van der Waals surface area contributed by atoms with Crippen molar-refractivity contribution in [2.45, 2.75) is 53.0 Å². The van der Waals surface area contributed by atoms with Gasteiger partial charge >= 0.3 is 5.97 Å². The van der Waals surface area contributed by atoms with Crippen molar-refractivity contribution in [3.05, 3.63) is 23.9 Å². The Morgan fingerprint density at radius 3 is 2.83 bits per heavy atom. The number of hydrogen-bond acceptors (Lipinski definition) is 5. The van der Waals surface area contributed by atoms with Crippen LogP contribution in [0.3, 0.4) is 0 Å². The first-order valence-corrected chi connectivity index (χ1v) is 10.3. The Bertz CT molecular complexity index is 964. The summed E-state index contributed by atoms with van der Waals surface area (Å²) in [5, 5.41) is 12.1. The molecule has 1 saturated carbocycles. The number of ether oxygens (including phenoxy) is 2. The predicted molar refractivity (Wildman–Crippen MR) is 112 cm³/mol. The Morgan fingerprint density at radius 2 is 2.10 bits per heavy atom. The second kappa shape index (κ2) is 7.04. The van der Waals surface area contributed by atoms with Crippen molar-refractivity contribution in [3.8, 4) is 5.75 Å². The van der Waals surface area contributed by atoms with E-state index in [2.05, 4.69) is 41.1 Å². The Hall–Kier alpha value is -2.57. The van der Waals surface area contributed by atoms with E-state index in [1.165, 1.54) is 6.42 Å². The lowest BCUT2D eigenvalue weighted by Gasteiger charge is -2.39. The van der Waals surface area contributed by atoms with Crippen LogP contribution in [-0.2, 0) is 4.74 Å². The molecule has 2 aromatic rings. The Morgan fingerprint density at radius 1 is 1.31 bits per heavy atom. The number of nitrogens with one attached hydrogen (secondary N) is 1.